The molecule has 0 spiro atoms. The van der Waals surface area contributed by atoms with Crippen molar-refractivity contribution < 1.29 is 9.53 Å². The average molecular weight is 490 g/mol. The van der Waals surface area contributed by atoms with Crippen molar-refractivity contribution in [2.75, 3.05) is 5.32 Å². The minimum absolute atomic E-state index is 0. The molecule has 0 bridgehead atoms. The Morgan fingerprint density at radius 3 is 2.24 bits per heavy atom. The number of hydrogen-bond donors (Lipinski definition) is 2. The van der Waals surface area contributed by atoms with E-state index >= 15 is 0 Å². The van der Waals surface area contributed by atoms with Gasteiger partial charge in [-0.1, -0.05) is 74.0 Å². The molecule has 0 fully saturated rings. The van der Waals surface area contributed by atoms with Gasteiger partial charge in [0.2, 0.25) is 0 Å². The predicted octanol–water partition coefficient (Wildman–Crippen LogP) is 6.61. The standard InChI is InChI=1S/C26H31N3O2.2ClH/c1-17(2)14-23-22(15-27)24(21-12-10-18(3)11-13-21)25(19(4)28-23)29-26(30)31-16-20-8-6-5-7-9-20;;/h5-13,17H,14-16,27H2,1-4H3,(H,29,30);2*1H. The van der Waals surface area contributed by atoms with E-state index < -0.39 is 6.09 Å². The molecule has 1 amide bonds. The zero-order valence-corrected chi connectivity index (χ0v) is 21.2. The van der Waals surface area contributed by atoms with Gasteiger partial charge in [0.1, 0.15) is 6.61 Å². The highest BCUT2D eigenvalue weighted by Crippen LogP contribution is 2.36. The number of aromatic nitrogens is 1. The average Bonchev–Trinajstić information content (AvgIpc) is 2.75. The fourth-order valence-electron chi connectivity index (χ4n) is 3.63. The van der Waals surface area contributed by atoms with Crippen LogP contribution in [0, 0.1) is 19.8 Å². The number of benzene rings is 2. The lowest BCUT2D eigenvalue weighted by molar-refractivity contribution is 0.155. The molecule has 178 valence electrons. The highest BCUT2D eigenvalue weighted by atomic mass is 35.5. The van der Waals surface area contributed by atoms with Crippen molar-refractivity contribution in [3.63, 3.8) is 0 Å². The summed E-state index contributed by atoms with van der Waals surface area (Å²) in [5.41, 5.74) is 13.6. The number of carbonyl (C=O) groups is 1. The van der Waals surface area contributed by atoms with Gasteiger partial charge >= 0.3 is 6.09 Å². The first-order chi connectivity index (χ1) is 14.9. The third kappa shape index (κ3) is 7.46. The summed E-state index contributed by atoms with van der Waals surface area (Å²) in [6.45, 7) is 8.83. The summed E-state index contributed by atoms with van der Waals surface area (Å²) in [6.07, 6.45) is 0.312. The number of pyridine rings is 1. The zero-order valence-electron chi connectivity index (χ0n) is 19.6. The van der Waals surface area contributed by atoms with E-state index in [-0.39, 0.29) is 31.4 Å². The molecule has 1 aromatic heterocycles. The summed E-state index contributed by atoms with van der Waals surface area (Å²) in [6, 6.07) is 17.8. The van der Waals surface area contributed by atoms with Crippen molar-refractivity contribution >= 4 is 36.6 Å². The number of carbonyl (C=O) groups excluding carboxylic acids is 1. The maximum absolute atomic E-state index is 12.6. The fourth-order valence-corrected chi connectivity index (χ4v) is 3.63. The van der Waals surface area contributed by atoms with Crippen LogP contribution in [-0.2, 0) is 24.3 Å². The van der Waals surface area contributed by atoms with Crippen LogP contribution in [0.15, 0.2) is 54.6 Å². The highest BCUT2D eigenvalue weighted by molar-refractivity contribution is 5.94. The van der Waals surface area contributed by atoms with E-state index in [1.165, 1.54) is 5.56 Å². The van der Waals surface area contributed by atoms with E-state index in [1.54, 1.807) is 0 Å². The highest BCUT2D eigenvalue weighted by Gasteiger charge is 2.21. The smallest absolute Gasteiger partial charge is 0.412 e. The monoisotopic (exact) mass is 489 g/mol. The number of rotatable bonds is 7. The first-order valence-corrected chi connectivity index (χ1v) is 10.7. The van der Waals surface area contributed by atoms with Gasteiger partial charge in [-0.2, -0.15) is 0 Å². The molecule has 2 aromatic carbocycles. The molecule has 7 heteroatoms. The van der Waals surface area contributed by atoms with Crippen LogP contribution in [0.4, 0.5) is 10.5 Å². The SMILES string of the molecule is Cc1ccc(-c2c(CN)c(CC(C)C)nc(C)c2NC(=O)OCc2ccccc2)cc1.Cl.Cl. The Bertz CT molecular complexity index is 1040. The molecular formula is C26H33Cl2N3O2. The van der Waals surface area contributed by atoms with Crippen molar-refractivity contribution in [2.24, 2.45) is 11.7 Å². The maximum Gasteiger partial charge on any atom is 0.412 e. The lowest BCUT2D eigenvalue weighted by Crippen LogP contribution is -2.18. The number of nitrogens with zero attached hydrogens (tertiary/aromatic N) is 1. The maximum atomic E-state index is 12.6. The van der Waals surface area contributed by atoms with Gasteiger partial charge < -0.3 is 10.5 Å². The molecule has 0 unspecified atom stereocenters. The zero-order chi connectivity index (χ0) is 22.4. The van der Waals surface area contributed by atoms with Crippen LogP contribution in [0.3, 0.4) is 0 Å². The lowest BCUT2D eigenvalue weighted by Gasteiger charge is -2.21. The molecule has 0 saturated carbocycles. The van der Waals surface area contributed by atoms with E-state index in [2.05, 4.69) is 50.4 Å². The quantitative estimate of drug-likeness (QED) is 0.391. The number of nitrogens with one attached hydrogen (secondary N) is 1. The Morgan fingerprint density at radius 2 is 1.67 bits per heavy atom. The molecule has 33 heavy (non-hydrogen) atoms. The molecule has 5 nitrogen and oxygen atoms in total. The number of aryl methyl sites for hydroxylation is 2. The van der Waals surface area contributed by atoms with E-state index in [0.717, 1.165) is 40.1 Å². The molecule has 0 aliphatic heterocycles. The molecule has 0 atom stereocenters. The van der Waals surface area contributed by atoms with Crippen molar-refractivity contribution in [2.45, 2.75) is 47.3 Å². The van der Waals surface area contributed by atoms with Crippen LogP contribution in [-0.4, -0.2) is 11.1 Å². The third-order valence-corrected chi connectivity index (χ3v) is 5.15. The van der Waals surface area contributed by atoms with Gasteiger partial charge in [0, 0.05) is 17.8 Å². The van der Waals surface area contributed by atoms with Gasteiger partial charge in [0.15, 0.2) is 0 Å². The van der Waals surface area contributed by atoms with E-state index in [0.29, 0.717) is 18.2 Å². The number of ether oxygens (including phenoxy) is 1. The Kier molecular flexibility index (Phi) is 11.4. The third-order valence-electron chi connectivity index (χ3n) is 5.15. The summed E-state index contributed by atoms with van der Waals surface area (Å²) in [7, 11) is 0. The molecule has 3 N–H and O–H groups in total. The Hall–Kier alpha value is -2.60. The van der Waals surface area contributed by atoms with Crippen LogP contribution in [0.2, 0.25) is 0 Å². The van der Waals surface area contributed by atoms with Gasteiger partial charge in [-0.15, -0.1) is 24.8 Å². The summed E-state index contributed by atoms with van der Waals surface area (Å²) >= 11 is 0. The second kappa shape index (κ2) is 13.2. The van der Waals surface area contributed by atoms with Crippen molar-refractivity contribution in [1.29, 1.82) is 0 Å². The van der Waals surface area contributed by atoms with E-state index in [4.69, 9.17) is 15.5 Å². The number of hydrogen-bond acceptors (Lipinski definition) is 4. The van der Waals surface area contributed by atoms with Crippen molar-refractivity contribution in [3.8, 4) is 11.1 Å². The molecule has 1 heterocycles. The van der Waals surface area contributed by atoms with Crippen molar-refractivity contribution in [3.05, 3.63) is 82.7 Å². The number of halogens is 2. The molecule has 0 aliphatic rings. The van der Waals surface area contributed by atoms with Crippen LogP contribution >= 0.6 is 24.8 Å². The Labute approximate surface area is 209 Å². The van der Waals surface area contributed by atoms with Gasteiger partial charge in [-0.3, -0.25) is 10.3 Å². The van der Waals surface area contributed by atoms with Crippen molar-refractivity contribution in [1.82, 2.24) is 4.98 Å². The lowest BCUT2D eigenvalue weighted by atomic mass is 9.92. The normalized spacial score (nSPS) is 10.2. The van der Waals surface area contributed by atoms with Gasteiger partial charge in [-0.25, -0.2) is 4.79 Å². The molecule has 0 radical (unpaired) electrons. The Morgan fingerprint density at radius 1 is 1.03 bits per heavy atom. The number of anilines is 1. The van der Waals surface area contributed by atoms with Gasteiger partial charge in [-0.05, 0) is 42.9 Å². The van der Waals surface area contributed by atoms with Gasteiger partial charge in [0.05, 0.1) is 11.4 Å². The number of amides is 1. The van der Waals surface area contributed by atoms with E-state index in [1.807, 2.05) is 37.3 Å². The van der Waals surface area contributed by atoms with Crippen LogP contribution in [0.5, 0.6) is 0 Å². The second-order valence-corrected chi connectivity index (χ2v) is 8.23. The topological polar surface area (TPSA) is 77.2 Å². The van der Waals surface area contributed by atoms with Crippen LogP contribution in [0.1, 0.15) is 41.9 Å². The first kappa shape index (κ1) is 28.4. The summed E-state index contributed by atoms with van der Waals surface area (Å²) in [4.78, 5) is 17.5. The van der Waals surface area contributed by atoms with Gasteiger partial charge in [0.25, 0.3) is 0 Å². The minimum Gasteiger partial charge on any atom is -0.444 e. The largest absolute Gasteiger partial charge is 0.444 e. The molecular weight excluding hydrogens is 457 g/mol. The summed E-state index contributed by atoms with van der Waals surface area (Å²) < 4.78 is 5.46. The molecule has 0 aliphatic carbocycles. The van der Waals surface area contributed by atoms with Crippen LogP contribution in [0.25, 0.3) is 11.1 Å². The molecule has 3 rings (SSSR count). The first-order valence-electron chi connectivity index (χ1n) is 10.7. The fraction of sp³-hybridized carbons (Fsp3) is 0.308. The number of nitrogens with two attached hydrogens (primary N) is 1. The predicted molar refractivity (Wildman–Crippen MR) is 140 cm³/mol. The minimum atomic E-state index is -0.512. The molecule has 0 saturated heterocycles. The Balaban J connectivity index is 0.00000272. The van der Waals surface area contributed by atoms with E-state index in [9.17, 15) is 4.79 Å². The van der Waals surface area contributed by atoms with Crippen LogP contribution < -0.4 is 11.1 Å². The molecule has 3 aromatic rings. The summed E-state index contributed by atoms with van der Waals surface area (Å²) in [5.74, 6) is 0.442. The summed E-state index contributed by atoms with van der Waals surface area (Å²) in [5, 5.41) is 2.94. The second-order valence-electron chi connectivity index (χ2n) is 8.23.